The third kappa shape index (κ3) is 3.21. The van der Waals surface area contributed by atoms with Gasteiger partial charge in [-0.3, -0.25) is 9.59 Å². The summed E-state index contributed by atoms with van der Waals surface area (Å²) in [5.74, 6) is -1.61. The number of halogens is 1. The van der Waals surface area contributed by atoms with Gasteiger partial charge in [-0.15, -0.1) is 0 Å². The molecule has 0 aliphatic carbocycles. The summed E-state index contributed by atoms with van der Waals surface area (Å²) in [6.07, 6.45) is 0. The summed E-state index contributed by atoms with van der Waals surface area (Å²) in [5, 5.41) is 0.225. The van der Waals surface area contributed by atoms with E-state index in [0.717, 1.165) is 4.31 Å². The molecule has 8 heteroatoms. The molecule has 0 radical (unpaired) electrons. The number of rotatable bonds is 4. The Morgan fingerprint density at radius 1 is 1.35 bits per heavy atom. The Morgan fingerprint density at radius 3 is 2.43 bits per heavy atom. The Bertz CT molecular complexity index is 744. The van der Waals surface area contributed by atoms with Gasteiger partial charge in [-0.25, -0.2) is 12.7 Å². The van der Waals surface area contributed by atoms with E-state index < -0.39 is 21.8 Å². The second-order valence-corrected chi connectivity index (χ2v) is 7.69. The van der Waals surface area contributed by atoms with Gasteiger partial charge in [0, 0.05) is 13.1 Å². The number of hydrogen-bond donors (Lipinski definition) is 0. The Balaban J connectivity index is 2.49. The van der Waals surface area contributed by atoms with Crippen LogP contribution in [0.4, 0.5) is 5.69 Å². The van der Waals surface area contributed by atoms with Gasteiger partial charge in [-0.2, -0.15) is 0 Å². The minimum Gasteiger partial charge on any atom is -0.339 e. The van der Waals surface area contributed by atoms with Gasteiger partial charge in [0.05, 0.1) is 27.9 Å². The molecule has 1 atom stereocenters. The zero-order valence-electron chi connectivity index (χ0n) is 13.2. The van der Waals surface area contributed by atoms with Crippen LogP contribution in [-0.4, -0.2) is 44.0 Å². The van der Waals surface area contributed by atoms with Gasteiger partial charge in [-0.1, -0.05) is 18.5 Å². The summed E-state index contributed by atoms with van der Waals surface area (Å²) in [5.41, 5.74) is 0.342. The van der Waals surface area contributed by atoms with Crippen molar-refractivity contribution in [3.63, 3.8) is 0 Å². The molecule has 1 unspecified atom stereocenters. The van der Waals surface area contributed by atoms with E-state index >= 15 is 0 Å². The number of nitrogens with zero attached hydrogens (tertiary/aromatic N) is 2. The first-order valence-electron chi connectivity index (χ1n) is 7.38. The fourth-order valence-corrected chi connectivity index (χ4v) is 4.58. The van der Waals surface area contributed by atoms with E-state index in [1.807, 2.05) is 13.8 Å². The highest BCUT2D eigenvalue weighted by Gasteiger charge is 2.42. The molecule has 1 aromatic rings. The first-order valence-corrected chi connectivity index (χ1v) is 9.37. The van der Waals surface area contributed by atoms with Gasteiger partial charge >= 0.3 is 0 Å². The van der Waals surface area contributed by atoms with E-state index in [4.69, 9.17) is 11.6 Å². The van der Waals surface area contributed by atoms with Crippen LogP contribution in [0.25, 0.3) is 0 Å². The average Bonchev–Trinajstić information content (AvgIpc) is 2.69. The monoisotopic (exact) mass is 358 g/mol. The van der Waals surface area contributed by atoms with Crippen LogP contribution in [0, 0.1) is 5.92 Å². The van der Waals surface area contributed by atoms with Crippen LogP contribution in [0.15, 0.2) is 18.2 Å². The van der Waals surface area contributed by atoms with Crippen LogP contribution >= 0.6 is 11.6 Å². The molecule has 23 heavy (non-hydrogen) atoms. The lowest BCUT2D eigenvalue weighted by atomic mass is 10.1. The molecule has 0 saturated carbocycles. The van der Waals surface area contributed by atoms with Gasteiger partial charge in [0.25, 0.3) is 5.91 Å². The number of sulfonamides is 1. The van der Waals surface area contributed by atoms with Crippen molar-refractivity contribution in [2.24, 2.45) is 5.92 Å². The SMILES string of the molecule is CCN(CC)C(=O)c1cc(N2C(=O)C(C)CS2(=O)=O)ccc1Cl. The molecular formula is C15H19ClN2O4S. The second kappa shape index (κ2) is 6.49. The van der Waals surface area contributed by atoms with Gasteiger partial charge in [-0.05, 0) is 32.0 Å². The minimum atomic E-state index is -3.71. The van der Waals surface area contributed by atoms with Crippen molar-refractivity contribution in [3.05, 3.63) is 28.8 Å². The van der Waals surface area contributed by atoms with Crippen molar-refractivity contribution in [2.75, 3.05) is 23.1 Å². The topological polar surface area (TPSA) is 74.8 Å². The molecule has 1 aliphatic rings. The predicted molar refractivity (Wildman–Crippen MR) is 89.1 cm³/mol. The average molecular weight is 359 g/mol. The summed E-state index contributed by atoms with van der Waals surface area (Å²) < 4.78 is 25.1. The molecule has 0 bridgehead atoms. The molecule has 1 heterocycles. The molecular weight excluding hydrogens is 340 g/mol. The largest absolute Gasteiger partial charge is 0.339 e. The standard InChI is InChI=1S/C15H19ClN2O4S/c1-4-17(5-2)15(20)12-8-11(6-7-13(12)16)18-14(19)10(3)9-23(18,21)22/h6-8,10H,4-5,9H2,1-3H3. The van der Waals surface area contributed by atoms with Gasteiger partial charge in [0.1, 0.15) is 0 Å². The molecule has 1 aromatic carbocycles. The maximum Gasteiger partial charge on any atom is 0.255 e. The minimum absolute atomic E-state index is 0.152. The van der Waals surface area contributed by atoms with Crippen molar-refractivity contribution in [1.29, 1.82) is 0 Å². The highest BCUT2D eigenvalue weighted by atomic mass is 35.5. The molecule has 126 valence electrons. The Morgan fingerprint density at radius 2 is 1.96 bits per heavy atom. The van der Waals surface area contributed by atoms with E-state index in [0.29, 0.717) is 13.1 Å². The second-order valence-electron chi connectivity index (χ2n) is 5.42. The first kappa shape index (κ1) is 17.7. The van der Waals surface area contributed by atoms with Crippen LogP contribution in [0.1, 0.15) is 31.1 Å². The summed E-state index contributed by atoms with van der Waals surface area (Å²) >= 11 is 6.09. The molecule has 1 aliphatic heterocycles. The van der Waals surface area contributed by atoms with Gasteiger partial charge in [0.2, 0.25) is 15.9 Å². The molecule has 6 nitrogen and oxygen atoms in total. The van der Waals surface area contributed by atoms with Crippen molar-refractivity contribution in [1.82, 2.24) is 4.90 Å². The van der Waals surface area contributed by atoms with Crippen LogP contribution in [-0.2, 0) is 14.8 Å². The Hall–Kier alpha value is -1.60. The normalized spacial score (nSPS) is 19.9. The highest BCUT2D eigenvalue weighted by molar-refractivity contribution is 7.94. The van der Waals surface area contributed by atoms with Gasteiger partial charge in [0.15, 0.2) is 0 Å². The molecule has 0 spiro atoms. The van der Waals surface area contributed by atoms with E-state index in [1.165, 1.54) is 18.2 Å². The van der Waals surface area contributed by atoms with E-state index in [-0.39, 0.29) is 27.9 Å². The maximum absolute atomic E-state index is 12.5. The van der Waals surface area contributed by atoms with Crippen LogP contribution in [0.5, 0.6) is 0 Å². The van der Waals surface area contributed by atoms with E-state index in [1.54, 1.807) is 11.8 Å². The van der Waals surface area contributed by atoms with Crippen molar-refractivity contribution < 1.29 is 18.0 Å². The molecule has 0 N–H and O–H groups in total. The number of carbonyl (C=O) groups excluding carboxylic acids is 2. The van der Waals surface area contributed by atoms with Crippen molar-refractivity contribution in [3.8, 4) is 0 Å². The molecule has 0 aromatic heterocycles. The van der Waals surface area contributed by atoms with Crippen LogP contribution in [0.3, 0.4) is 0 Å². The lowest BCUT2D eigenvalue weighted by Gasteiger charge is -2.21. The summed E-state index contributed by atoms with van der Waals surface area (Å²) in [7, 11) is -3.71. The number of carbonyl (C=O) groups is 2. The summed E-state index contributed by atoms with van der Waals surface area (Å²) in [6.45, 7) is 6.27. The molecule has 2 amide bonds. The van der Waals surface area contributed by atoms with Crippen molar-refractivity contribution >= 4 is 39.1 Å². The smallest absolute Gasteiger partial charge is 0.255 e. The highest BCUT2D eigenvalue weighted by Crippen LogP contribution is 2.31. The summed E-state index contributed by atoms with van der Waals surface area (Å²) in [6, 6.07) is 4.25. The third-order valence-electron chi connectivity index (χ3n) is 3.83. The zero-order valence-corrected chi connectivity index (χ0v) is 14.8. The quantitative estimate of drug-likeness (QED) is 0.826. The molecule has 1 saturated heterocycles. The van der Waals surface area contributed by atoms with E-state index in [9.17, 15) is 18.0 Å². The number of benzene rings is 1. The lowest BCUT2D eigenvalue weighted by Crippen LogP contribution is -2.32. The Labute approximate surface area is 141 Å². The number of anilines is 1. The Kier molecular flexibility index (Phi) is 5.01. The van der Waals surface area contributed by atoms with Gasteiger partial charge < -0.3 is 4.90 Å². The van der Waals surface area contributed by atoms with E-state index in [2.05, 4.69) is 0 Å². The van der Waals surface area contributed by atoms with Crippen molar-refractivity contribution in [2.45, 2.75) is 20.8 Å². The van der Waals surface area contributed by atoms with Crippen LogP contribution < -0.4 is 4.31 Å². The number of amides is 2. The number of hydrogen-bond acceptors (Lipinski definition) is 4. The maximum atomic E-state index is 12.5. The first-order chi connectivity index (χ1) is 10.7. The lowest BCUT2D eigenvalue weighted by molar-refractivity contribution is -0.119. The van der Waals surface area contributed by atoms with Crippen LogP contribution in [0.2, 0.25) is 5.02 Å². The zero-order chi connectivity index (χ0) is 17.4. The fraction of sp³-hybridized carbons (Fsp3) is 0.467. The summed E-state index contributed by atoms with van der Waals surface area (Å²) in [4.78, 5) is 26.2. The molecule has 1 fully saturated rings. The third-order valence-corrected chi connectivity index (χ3v) is 6.02. The predicted octanol–water partition coefficient (Wildman–Crippen LogP) is 2.13. The molecule has 2 rings (SSSR count). The fourth-order valence-electron chi connectivity index (χ4n) is 2.57.